The van der Waals surface area contributed by atoms with Gasteiger partial charge in [-0.2, -0.15) is 0 Å². The number of hydrogen-bond donors (Lipinski definition) is 1. The molecule has 0 radical (unpaired) electrons. The van der Waals surface area contributed by atoms with Crippen LogP contribution in [-0.4, -0.2) is 10.7 Å². The molecule has 0 aromatic carbocycles. The van der Waals surface area contributed by atoms with E-state index in [1.54, 1.807) is 6.92 Å². The molecule has 2 atom stereocenters. The highest BCUT2D eigenvalue weighted by Crippen LogP contribution is 2.17. The van der Waals surface area contributed by atoms with Crippen molar-refractivity contribution in [1.82, 2.24) is 0 Å². The summed E-state index contributed by atoms with van der Waals surface area (Å²) in [4.78, 5) is 0. The van der Waals surface area contributed by atoms with Gasteiger partial charge in [-0.1, -0.05) is 26.2 Å². The second-order valence-electron chi connectivity index (χ2n) is 3.14. The molecule has 1 N–H and O–H groups in total. The lowest BCUT2D eigenvalue weighted by Crippen LogP contribution is -2.24. The van der Waals surface area contributed by atoms with Crippen LogP contribution in [0, 0.1) is 18.3 Å². The second-order valence-corrected chi connectivity index (χ2v) is 3.14. The number of terminal acetylenes is 1. The predicted molar refractivity (Wildman–Crippen MR) is 43.5 cm³/mol. The molecule has 0 bridgehead atoms. The van der Waals surface area contributed by atoms with Crippen molar-refractivity contribution in [2.45, 2.75) is 39.2 Å². The Balaban J connectivity index is 3.79. The number of hydrogen-bond acceptors (Lipinski definition) is 1. The van der Waals surface area contributed by atoms with Gasteiger partial charge < -0.3 is 5.11 Å². The molecule has 58 valence electrons. The maximum Gasteiger partial charge on any atom is 0.122 e. The van der Waals surface area contributed by atoms with E-state index in [1.807, 2.05) is 0 Å². The zero-order valence-corrected chi connectivity index (χ0v) is 7.02. The first-order valence-corrected chi connectivity index (χ1v) is 3.72. The van der Waals surface area contributed by atoms with Crippen LogP contribution in [0.1, 0.15) is 33.6 Å². The van der Waals surface area contributed by atoms with Gasteiger partial charge in [0.25, 0.3) is 0 Å². The van der Waals surface area contributed by atoms with Gasteiger partial charge in [0.15, 0.2) is 0 Å². The van der Waals surface area contributed by atoms with Crippen molar-refractivity contribution in [3.8, 4) is 12.3 Å². The molecule has 0 aliphatic carbocycles. The van der Waals surface area contributed by atoms with Gasteiger partial charge in [0.2, 0.25) is 0 Å². The summed E-state index contributed by atoms with van der Waals surface area (Å²) in [6.45, 7) is 5.86. The summed E-state index contributed by atoms with van der Waals surface area (Å²) >= 11 is 0. The lowest BCUT2D eigenvalue weighted by Gasteiger charge is -2.19. The van der Waals surface area contributed by atoms with E-state index >= 15 is 0 Å². The highest BCUT2D eigenvalue weighted by atomic mass is 16.3. The first-order valence-electron chi connectivity index (χ1n) is 3.72. The molecule has 0 saturated carbocycles. The van der Waals surface area contributed by atoms with Gasteiger partial charge >= 0.3 is 0 Å². The van der Waals surface area contributed by atoms with Crippen LogP contribution in [0.25, 0.3) is 0 Å². The molecule has 0 aliphatic rings. The van der Waals surface area contributed by atoms with E-state index in [4.69, 9.17) is 6.42 Å². The van der Waals surface area contributed by atoms with Crippen molar-refractivity contribution >= 4 is 0 Å². The molecule has 0 aromatic heterocycles. The maximum absolute atomic E-state index is 9.39. The zero-order chi connectivity index (χ0) is 8.20. The molecule has 0 fully saturated rings. The van der Waals surface area contributed by atoms with Crippen LogP contribution in [-0.2, 0) is 0 Å². The standard InChI is InChI=1S/C9H16O/c1-5-8(3)7-9(4,10)6-2/h2,8,10H,5,7H2,1,3-4H3/t8-,9?/m0/s1. The minimum absolute atomic E-state index is 0.506. The number of aliphatic hydroxyl groups is 1. The molecule has 0 heterocycles. The van der Waals surface area contributed by atoms with Crippen LogP contribution >= 0.6 is 0 Å². The van der Waals surface area contributed by atoms with Crippen LogP contribution in [0.5, 0.6) is 0 Å². The van der Waals surface area contributed by atoms with Crippen molar-refractivity contribution in [3.63, 3.8) is 0 Å². The summed E-state index contributed by atoms with van der Waals surface area (Å²) in [7, 11) is 0. The van der Waals surface area contributed by atoms with Gasteiger partial charge in [-0.05, 0) is 19.3 Å². The van der Waals surface area contributed by atoms with E-state index in [9.17, 15) is 5.11 Å². The van der Waals surface area contributed by atoms with Crippen molar-refractivity contribution in [2.24, 2.45) is 5.92 Å². The summed E-state index contributed by atoms with van der Waals surface area (Å²) in [5, 5.41) is 9.39. The quantitative estimate of drug-likeness (QED) is 0.593. The van der Waals surface area contributed by atoms with E-state index in [0.717, 1.165) is 6.42 Å². The van der Waals surface area contributed by atoms with Crippen LogP contribution in [0.2, 0.25) is 0 Å². The first-order chi connectivity index (χ1) is 4.52. The third kappa shape index (κ3) is 3.53. The SMILES string of the molecule is C#CC(C)(O)C[C@@H](C)CC. The molecule has 1 nitrogen and oxygen atoms in total. The van der Waals surface area contributed by atoms with Gasteiger partial charge in [0.05, 0.1) is 0 Å². The molecule has 0 aromatic rings. The smallest absolute Gasteiger partial charge is 0.122 e. The van der Waals surface area contributed by atoms with E-state index in [0.29, 0.717) is 12.3 Å². The fraction of sp³-hybridized carbons (Fsp3) is 0.778. The second kappa shape index (κ2) is 3.63. The van der Waals surface area contributed by atoms with Crippen LogP contribution in [0.4, 0.5) is 0 Å². The first kappa shape index (κ1) is 9.52. The maximum atomic E-state index is 9.39. The predicted octanol–water partition coefficient (Wildman–Crippen LogP) is 1.81. The third-order valence-corrected chi connectivity index (χ3v) is 1.75. The Hall–Kier alpha value is -0.480. The van der Waals surface area contributed by atoms with Crippen molar-refractivity contribution < 1.29 is 5.11 Å². The van der Waals surface area contributed by atoms with Crippen LogP contribution in [0.3, 0.4) is 0 Å². The Morgan fingerprint density at radius 1 is 1.70 bits per heavy atom. The molecular formula is C9H16O. The average Bonchev–Trinajstić information content (AvgIpc) is 1.87. The van der Waals surface area contributed by atoms with E-state index in [2.05, 4.69) is 19.8 Å². The summed E-state index contributed by atoms with van der Waals surface area (Å²) < 4.78 is 0. The molecule has 0 rings (SSSR count). The largest absolute Gasteiger partial charge is 0.378 e. The lowest BCUT2D eigenvalue weighted by molar-refractivity contribution is 0.0941. The Labute approximate surface area is 63.5 Å². The third-order valence-electron chi connectivity index (χ3n) is 1.75. The normalized spacial score (nSPS) is 19.1. The van der Waals surface area contributed by atoms with E-state index in [1.165, 1.54) is 0 Å². The Kier molecular flexibility index (Phi) is 3.46. The summed E-state index contributed by atoms with van der Waals surface area (Å²) in [5.74, 6) is 2.87. The molecule has 1 heteroatoms. The molecule has 0 aliphatic heterocycles. The molecule has 0 saturated heterocycles. The van der Waals surface area contributed by atoms with Gasteiger partial charge in [0, 0.05) is 0 Å². The summed E-state index contributed by atoms with van der Waals surface area (Å²) in [5.41, 5.74) is -0.907. The fourth-order valence-electron chi connectivity index (χ4n) is 0.882. The van der Waals surface area contributed by atoms with Crippen molar-refractivity contribution in [3.05, 3.63) is 0 Å². The minimum Gasteiger partial charge on any atom is -0.378 e. The fourth-order valence-corrected chi connectivity index (χ4v) is 0.882. The number of rotatable bonds is 3. The Morgan fingerprint density at radius 2 is 2.20 bits per heavy atom. The zero-order valence-electron chi connectivity index (χ0n) is 7.02. The summed E-state index contributed by atoms with van der Waals surface area (Å²) in [6.07, 6.45) is 6.87. The monoisotopic (exact) mass is 140 g/mol. The topological polar surface area (TPSA) is 20.2 Å². The van der Waals surface area contributed by atoms with Crippen LogP contribution in [0.15, 0.2) is 0 Å². The average molecular weight is 140 g/mol. The van der Waals surface area contributed by atoms with Gasteiger partial charge in [-0.25, -0.2) is 0 Å². The van der Waals surface area contributed by atoms with Crippen LogP contribution < -0.4 is 0 Å². The minimum atomic E-state index is -0.907. The van der Waals surface area contributed by atoms with E-state index in [-0.39, 0.29) is 0 Å². The van der Waals surface area contributed by atoms with Gasteiger partial charge in [0.1, 0.15) is 5.60 Å². The lowest BCUT2D eigenvalue weighted by atomic mass is 9.92. The molecular weight excluding hydrogens is 124 g/mol. The molecule has 0 amide bonds. The molecule has 1 unspecified atom stereocenters. The van der Waals surface area contributed by atoms with Crippen molar-refractivity contribution in [1.29, 1.82) is 0 Å². The Morgan fingerprint density at radius 3 is 2.50 bits per heavy atom. The molecule has 10 heavy (non-hydrogen) atoms. The summed E-state index contributed by atoms with van der Waals surface area (Å²) in [6, 6.07) is 0. The van der Waals surface area contributed by atoms with Gasteiger partial charge in [-0.15, -0.1) is 6.42 Å². The molecule has 0 spiro atoms. The highest BCUT2D eigenvalue weighted by Gasteiger charge is 2.18. The van der Waals surface area contributed by atoms with E-state index < -0.39 is 5.60 Å². The van der Waals surface area contributed by atoms with Gasteiger partial charge in [-0.3, -0.25) is 0 Å². The highest BCUT2D eigenvalue weighted by molar-refractivity contribution is 5.04. The Bertz CT molecular complexity index is 130. The van der Waals surface area contributed by atoms with Crippen molar-refractivity contribution in [2.75, 3.05) is 0 Å².